The maximum Gasteiger partial charge on any atom is 0.254 e. The molecule has 1 fully saturated rings. The van der Waals surface area contributed by atoms with E-state index in [1.807, 2.05) is 6.92 Å². The summed E-state index contributed by atoms with van der Waals surface area (Å²) in [4.78, 5) is 11.9. The number of carbonyl (C=O) groups excluding carboxylic acids is 1. The normalized spacial score (nSPS) is 16.4. The number of aryl methyl sites for hydroxylation is 1. The number of halogens is 1. The zero-order valence-corrected chi connectivity index (χ0v) is 11.1. The molecule has 1 aromatic carbocycles. The van der Waals surface area contributed by atoms with Crippen LogP contribution in [0.15, 0.2) is 18.2 Å². The highest BCUT2D eigenvalue weighted by Crippen LogP contribution is 2.48. The monoisotopic (exact) mass is 249 g/mol. The predicted octanol–water partition coefficient (Wildman–Crippen LogP) is 3.44. The summed E-state index contributed by atoms with van der Waals surface area (Å²) < 4.78 is 13.6. The molecule has 0 heterocycles. The van der Waals surface area contributed by atoms with Crippen molar-refractivity contribution in [2.45, 2.75) is 39.5 Å². The van der Waals surface area contributed by atoms with E-state index < -0.39 is 5.82 Å². The lowest BCUT2D eigenvalue weighted by atomic mass is 10.0. The van der Waals surface area contributed by atoms with Crippen molar-refractivity contribution in [3.63, 3.8) is 0 Å². The van der Waals surface area contributed by atoms with Gasteiger partial charge in [-0.05, 0) is 49.3 Å². The van der Waals surface area contributed by atoms with Crippen LogP contribution in [-0.2, 0) is 0 Å². The molecule has 18 heavy (non-hydrogen) atoms. The molecule has 3 heteroatoms. The molecule has 98 valence electrons. The Balaban J connectivity index is 1.96. The van der Waals surface area contributed by atoms with Crippen LogP contribution in [0.4, 0.5) is 4.39 Å². The van der Waals surface area contributed by atoms with Gasteiger partial charge >= 0.3 is 0 Å². The van der Waals surface area contributed by atoms with E-state index in [1.165, 1.54) is 18.9 Å². The van der Waals surface area contributed by atoms with Crippen LogP contribution in [0.2, 0.25) is 0 Å². The SMILES string of the molecule is CCCC1(CNC(=O)c2ccc(C)cc2F)CC1. The lowest BCUT2D eigenvalue weighted by Gasteiger charge is -2.15. The molecule has 0 unspecified atom stereocenters. The minimum Gasteiger partial charge on any atom is -0.351 e. The van der Waals surface area contributed by atoms with E-state index in [9.17, 15) is 9.18 Å². The first-order valence-corrected chi connectivity index (χ1v) is 6.61. The second-order valence-electron chi connectivity index (χ2n) is 5.42. The van der Waals surface area contributed by atoms with Crippen LogP contribution in [0.1, 0.15) is 48.5 Å². The third-order valence-electron chi connectivity index (χ3n) is 3.73. The molecule has 0 saturated heterocycles. The number of carbonyl (C=O) groups is 1. The summed E-state index contributed by atoms with van der Waals surface area (Å²) in [6.07, 6.45) is 4.63. The van der Waals surface area contributed by atoms with Crippen molar-refractivity contribution >= 4 is 5.91 Å². The third kappa shape index (κ3) is 2.89. The van der Waals surface area contributed by atoms with Gasteiger partial charge < -0.3 is 5.32 Å². The zero-order valence-electron chi connectivity index (χ0n) is 11.1. The van der Waals surface area contributed by atoms with Gasteiger partial charge in [0.25, 0.3) is 5.91 Å². The van der Waals surface area contributed by atoms with Crippen molar-refractivity contribution < 1.29 is 9.18 Å². The number of hydrogen-bond acceptors (Lipinski definition) is 1. The molecule has 1 amide bonds. The average Bonchev–Trinajstić information content (AvgIpc) is 3.07. The van der Waals surface area contributed by atoms with Gasteiger partial charge in [-0.2, -0.15) is 0 Å². The Morgan fingerprint density at radius 2 is 2.17 bits per heavy atom. The predicted molar refractivity (Wildman–Crippen MR) is 70.0 cm³/mol. The fourth-order valence-electron chi connectivity index (χ4n) is 2.39. The number of amides is 1. The first kappa shape index (κ1) is 13.1. The van der Waals surface area contributed by atoms with Crippen molar-refractivity contribution in [3.05, 3.63) is 35.1 Å². The molecule has 2 nitrogen and oxygen atoms in total. The summed E-state index contributed by atoms with van der Waals surface area (Å²) in [5.41, 5.74) is 1.27. The van der Waals surface area contributed by atoms with Crippen molar-refractivity contribution in [1.82, 2.24) is 5.32 Å². The third-order valence-corrected chi connectivity index (χ3v) is 3.73. The van der Waals surface area contributed by atoms with Crippen LogP contribution in [0, 0.1) is 18.2 Å². The quantitative estimate of drug-likeness (QED) is 0.851. The summed E-state index contributed by atoms with van der Waals surface area (Å²) in [5, 5.41) is 2.87. The van der Waals surface area contributed by atoms with E-state index in [4.69, 9.17) is 0 Å². The molecule has 1 aliphatic rings. The first-order valence-electron chi connectivity index (χ1n) is 6.61. The van der Waals surface area contributed by atoms with Gasteiger partial charge in [-0.3, -0.25) is 4.79 Å². The molecule has 1 aliphatic carbocycles. The lowest BCUT2D eigenvalue weighted by molar-refractivity contribution is 0.0939. The maximum atomic E-state index is 13.6. The Morgan fingerprint density at radius 3 is 2.72 bits per heavy atom. The van der Waals surface area contributed by atoms with Gasteiger partial charge in [0.15, 0.2) is 0 Å². The fraction of sp³-hybridized carbons (Fsp3) is 0.533. The molecule has 0 aromatic heterocycles. The number of hydrogen-bond donors (Lipinski definition) is 1. The second-order valence-corrected chi connectivity index (χ2v) is 5.42. The highest BCUT2D eigenvalue weighted by molar-refractivity contribution is 5.94. The minimum absolute atomic E-state index is 0.146. The Morgan fingerprint density at radius 1 is 1.44 bits per heavy atom. The summed E-state index contributed by atoms with van der Waals surface area (Å²) in [7, 11) is 0. The molecule has 1 saturated carbocycles. The van der Waals surface area contributed by atoms with Crippen molar-refractivity contribution in [3.8, 4) is 0 Å². The number of rotatable bonds is 5. The minimum atomic E-state index is -0.437. The van der Waals surface area contributed by atoms with Gasteiger partial charge in [0, 0.05) is 6.54 Å². The van der Waals surface area contributed by atoms with Gasteiger partial charge in [0.2, 0.25) is 0 Å². The molecule has 1 aromatic rings. The summed E-state index contributed by atoms with van der Waals surface area (Å²) in [5.74, 6) is -0.734. The van der Waals surface area contributed by atoms with Crippen molar-refractivity contribution in [1.29, 1.82) is 0 Å². The van der Waals surface area contributed by atoms with Crippen LogP contribution in [0.25, 0.3) is 0 Å². The fourth-order valence-corrected chi connectivity index (χ4v) is 2.39. The molecule has 0 radical (unpaired) electrons. The van der Waals surface area contributed by atoms with Crippen LogP contribution < -0.4 is 5.32 Å². The Labute approximate surface area is 108 Å². The molecule has 1 N–H and O–H groups in total. The topological polar surface area (TPSA) is 29.1 Å². The average molecular weight is 249 g/mol. The van der Waals surface area contributed by atoms with Crippen LogP contribution in [0.5, 0.6) is 0 Å². The van der Waals surface area contributed by atoms with Crippen LogP contribution in [0.3, 0.4) is 0 Å². The van der Waals surface area contributed by atoms with Gasteiger partial charge in [-0.25, -0.2) is 4.39 Å². The smallest absolute Gasteiger partial charge is 0.254 e. The maximum absolute atomic E-state index is 13.6. The van der Waals surface area contributed by atoms with Crippen LogP contribution >= 0.6 is 0 Å². The van der Waals surface area contributed by atoms with Gasteiger partial charge in [-0.1, -0.05) is 19.4 Å². The van der Waals surface area contributed by atoms with Crippen LogP contribution in [-0.4, -0.2) is 12.5 Å². The second kappa shape index (κ2) is 5.09. The van der Waals surface area contributed by atoms with Gasteiger partial charge in [-0.15, -0.1) is 0 Å². The first-order chi connectivity index (χ1) is 8.56. The van der Waals surface area contributed by atoms with Crippen molar-refractivity contribution in [2.24, 2.45) is 5.41 Å². The molecule has 0 bridgehead atoms. The van der Waals surface area contributed by atoms with Crippen molar-refractivity contribution in [2.75, 3.05) is 6.54 Å². The molecular formula is C15H20FNO. The Kier molecular flexibility index (Phi) is 3.69. The van der Waals surface area contributed by atoms with E-state index in [2.05, 4.69) is 12.2 Å². The molecule has 0 aliphatic heterocycles. The Bertz CT molecular complexity index is 452. The van der Waals surface area contributed by atoms with E-state index in [0.29, 0.717) is 12.0 Å². The molecule has 0 spiro atoms. The zero-order chi connectivity index (χ0) is 13.2. The van der Waals surface area contributed by atoms with E-state index in [0.717, 1.165) is 18.4 Å². The summed E-state index contributed by atoms with van der Waals surface area (Å²) in [6.45, 7) is 4.64. The number of benzene rings is 1. The van der Waals surface area contributed by atoms with Gasteiger partial charge in [0.1, 0.15) is 5.82 Å². The van der Waals surface area contributed by atoms with E-state index in [-0.39, 0.29) is 11.5 Å². The number of nitrogens with one attached hydrogen (secondary N) is 1. The lowest BCUT2D eigenvalue weighted by Crippen LogP contribution is -2.30. The highest BCUT2D eigenvalue weighted by atomic mass is 19.1. The van der Waals surface area contributed by atoms with Gasteiger partial charge in [0.05, 0.1) is 5.56 Å². The van der Waals surface area contributed by atoms with E-state index >= 15 is 0 Å². The Hall–Kier alpha value is -1.38. The van der Waals surface area contributed by atoms with E-state index in [1.54, 1.807) is 12.1 Å². The molecule has 0 atom stereocenters. The standard InChI is InChI=1S/C15H20FNO/c1-3-6-15(7-8-15)10-17-14(18)12-5-4-11(2)9-13(12)16/h4-5,9H,3,6-8,10H2,1-2H3,(H,17,18). The molecular weight excluding hydrogens is 229 g/mol. The summed E-state index contributed by atoms with van der Waals surface area (Å²) >= 11 is 0. The largest absolute Gasteiger partial charge is 0.351 e. The molecule has 2 rings (SSSR count). The summed E-state index contributed by atoms with van der Waals surface area (Å²) in [6, 6.07) is 4.71. The highest BCUT2D eigenvalue weighted by Gasteiger charge is 2.41.